The van der Waals surface area contributed by atoms with Gasteiger partial charge in [-0.25, -0.2) is 4.79 Å². The van der Waals surface area contributed by atoms with E-state index in [4.69, 9.17) is 5.11 Å². The molecule has 0 aromatic carbocycles. The molecule has 0 radical (unpaired) electrons. The second kappa shape index (κ2) is 4.73. The fourth-order valence-electron chi connectivity index (χ4n) is 0. The number of amides is 1. The van der Waals surface area contributed by atoms with Gasteiger partial charge in [-0.05, 0) is 0 Å². The summed E-state index contributed by atoms with van der Waals surface area (Å²) in [6, 6.07) is 0. The molecule has 0 rings (SSSR count). The molecular weight excluding hydrogens is 125 g/mol. The van der Waals surface area contributed by atoms with Gasteiger partial charge < -0.3 is 10.8 Å². The fraction of sp³-hybridized carbons (Fsp3) is 0. The Kier molecular flexibility index (Phi) is 7.12. The number of nitrogens with two attached hydrogens (primary N) is 1. The van der Waals surface area contributed by atoms with Crippen molar-refractivity contribution in [2.75, 3.05) is 0 Å². The quantitative estimate of drug-likeness (QED) is 0.290. The van der Waals surface area contributed by atoms with Gasteiger partial charge in [-0.1, -0.05) is 0 Å². The minimum absolute atomic E-state index is 0. The first-order chi connectivity index (χ1) is 2.64. The number of carboxylic acids is 1. The first-order valence-electron chi connectivity index (χ1n) is 1.17. The Morgan fingerprint density at radius 1 is 1.43 bits per heavy atom. The Labute approximate surface area is 82.5 Å². The molecule has 1 amide bonds. The molecule has 0 saturated carbocycles. The molecule has 0 fully saturated rings. The van der Waals surface area contributed by atoms with E-state index in [1.165, 1.54) is 0 Å². The van der Waals surface area contributed by atoms with Gasteiger partial charge in [-0.15, -0.1) is 0 Å². The summed E-state index contributed by atoms with van der Waals surface area (Å²) in [4.78, 5) is 18.5. The zero-order chi connectivity index (χ0) is 5.15. The Bertz CT molecular complexity index is 78.9. The monoisotopic (exact) mass is 129 g/mol. The van der Waals surface area contributed by atoms with Crippen LogP contribution in [0, 0.1) is 0 Å². The minimum atomic E-state index is -1.60. The number of carboxylic acid groups (broad SMARTS) is 1. The topological polar surface area (TPSA) is 80.4 Å². The molecule has 0 aromatic heterocycles. The van der Waals surface area contributed by atoms with Crippen LogP contribution >= 0.6 is 0 Å². The third-order valence-corrected chi connectivity index (χ3v) is 0.211. The summed E-state index contributed by atoms with van der Waals surface area (Å²) in [5.74, 6) is -2.93. The van der Waals surface area contributed by atoms with Crippen molar-refractivity contribution in [3.8, 4) is 0 Å². The second-order valence-electron chi connectivity index (χ2n) is 0.669. The van der Waals surface area contributed by atoms with Crippen LogP contribution in [0.1, 0.15) is 0 Å². The molecule has 7 heavy (non-hydrogen) atoms. The van der Waals surface area contributed by atoms with Crippen molar-refractivity contribution in [3.63, 3.8) is 0 Å². The summed E-state index contributed by atoms with van der Waals surface area (Å²) in [5.41, 5.74) is 4.20. The molecule has 5 heteroatoms. The summed E-state index contributed by atoms with van der Waals surface area (Å²) in [7, 11) is 0. The standard InChI is InChI=1S/C2H3NO3.K.H/c3-1(4)2(5)6;;/h(H2,3,4)(H,5,6);;. The molecule has 36 valence electrons. The molecule has 0 aromatic rings. The van der Waals surface area contributed by atoms with Crippen molar-refractivity contribution in [1.29, 1.82) is 0 Å². The van der Waals surface area contributed by atoms with E-state index in [0.29, 0.717) is 0 Å². The molecule has 0 aliphatic carbocycles. The Hall–Kier alpha value is 0.576. The Morgan fingerprint density at radius 2 is 1.57 bits per heavy atom. The van der Waals surface area contributed by atoms with Crippen molar-refractivity contribution in [2.45, 2.75) is 0 Å². The number of carbonyl (C=O) groups excluding carboxylic acids is 1. The molecule has 0 spiro atoms. The average Bonchev–Trinajstić information content (AvgIpc) is 1.36. The molecule has 0 aliphatic heterocycles. The van der Waals surface area contributed by atoms with Gasteiger partial charge >= 0.3 is 63.3 Å². The van der Waals surface area contributed by atoms with Crippen molar-refractivity contribution in [1.82, 2.24) is 0 Å². The van der Waals surface area contributed by atoms with E-state index in [1.807, 2.05) is 0 Å². The van der Waals surface area contributed by atoms with Gasteiger partial charge in [0, 0.05) is 0 Å². The van der Waals surface area contributed by atoms with E-state index < -0.39 is 11.9 Å². The van der Waals surface area contributed by atoms with E-state index in [-0.39, 0.29) is 51.4 Å². The summed E-state index contributed by atoms with van der Waals surface area (Å²) in [6.07, 6.45) is 0. The summed E-state index contributed by atoms with van der Waals surface area (Å²) in [5, 5.41) is 7.52. The summed E-state index contributed by atoms with van der Waals surface area (Å²) in [6.45, 7) is 0. The number of primary amides is 1. The van der Waals surface area contributed by atoms with Crippen LogP contribution in [0.3, 0.4) is 0 Å². The van der Waals surface area contributed by atoms with Crippen molar-refractivity contribution < 1.29 is 14.7 Å². The molecule has 0 atom stereocenters. The van der Waals surface area contributed by atoms with Crippen LogP contribution in [0.5, 0.6) is 0 Å². The number of aliphatic carboxylic acids is 1. The molecule has 4 nitrogen and oxygen atoms in total. The van der Waals surface area contributed by atoms with Gasteiger partial charge in [0.15, 0.2) is 0 Å². The molecule has 0 heterocycles. The van der Waals surface area contributed by atoms with E-state index in [9.17, 15) is 9.59 Å². The van der Waals surface area contributed by atoms with E-state index in [2.05, 4.69) is 5.73 Å². The van der Waals surface area contributed by atoms with Crippen LogP contribution in [0.2, 0.25) is 0 Å². The van der Waals surface area contributed by atoms with Gasteiger partial charge in [0.05, 0.1) is 0 Å². The number of hydrogen-bond donors (Lipinski definition) is 2. The first kappa shape index (κ1) is 10.5. The van der Waals surface area contributed by atoms with Gasteiger partial charge in [-0.2, -0.15) is 0 Å². The molecule has 3 N–H and O–H groups in total. The van der Waals surface area contributed by atoms with Gasteiger partial charge in [0.1, 0.15) is 0 Å². The van der Waals surface area contributed by atoms with Crippen LogP contribution in [0.4, 0.5) is 0 Å². The van der Waals surface area contributed by atoms with Crippen molar-refractivity contribution in [2.24, 2.45) is 5.73 Å². The maximum absolute atomic E-state index is 9.32. The fourth-order valence-corrected chi connectivity index (χ4v) is 0. The van der Waals surface area contributed by atoms with Crippen LogP contribution in [-0.2, 0) is 9.59 Å². The van der Waals surface area contributed by atoms with Crippen molar-refractivity contribution >= 4 is 63.3 Å². The molecular formula is C2H4KNO3. The predicted octanol–water partition coefficient (Wildman–Crippen LogP) is -2.09. The average molecular weight is 129 g/mol. The van der Waals surface area contributed by atoms with Gasteiger partial charge in [0.25, 0.3) is 0 Å². The molecule has 0 bridgehead atoms. The zero-order valence-electron chi connectivity index (χ0n) is 2.84. The van der Waals surface area contributed by atoms with Crippen LogP contribution in [0.25, 0.3) is 0 Å². The van der Waals surface area contributed by atoms with Gasteiger partial charge in [-0.3, -0.25) is 4.79 Å². The second-order valence-corrected chi connectivity index (χ2v) is 0.669. The Balaban J connectivity index is 0. The first-order valence-corrected chi connectivity index (χ1v) is 1.17. The van der Waals surface area contributed by atoms with Gasteiger partial charge in [0.2, 0.25) is 0 Å². The zero-order valence-corrected chi connectivity index (χ0v) is 2.84. The van der Waals surface area contributed by atoms with Crippen LogP contribution < -0.4 is 5.73 Å². The summed E-state index contributed by atoms with van der Waals surface area (Å²) >= 11 is 0. The Morgan fingerprint density at radius 3 is 1.57 bits per heavy atom. The third-order valence-electron chi connectivity index (χ3n) is 0.211. The van der Waals surface area contributed by atoms with E-state index in [1.54, 1.807) is 0 Å². The SMILES string of the molecule is NC(=O)C(=O)O.[KH]. The van der Waals surface area contributed by atoms with Crippen LogP contribution in [-0.4, -0.2) is 68.4 Å². The van der Waals surface area contributed by atoms with E-state index >= 15 is 0 Å². The normalized spacial score (nSPS) is 6.29. The van der Waals surface area contributed by atoms with Crippen molar-refractivity contribution in [3.05, 3.63) is 0 Å². The van der Waals surface area contributed by atoms with Crippen LogP contribution in [0.15, 0.2) is 0 Å². The van der Waals surface area contributed by atoms with E-state index in [0.717, 1.165) is 0 Å². The maximum atomic E-state index is 9.32. The third kappa shape index (κ3) is 6.58. The molecule has 0 saturated heterocycles. The molecule has 0 aliphatic rings. The number of rotatable bonds is 0. The summed E-state index contributed by atoms with van der Waals surface area (Å²) < 4.78 is 0. The molecule has 0 unspecified atom stereocenters. The number of carbonyl (C=O) groups is 2. The number of hydrogen-bond acceptors (Lipinski definition) is 2. The predicted molar refractivity (Wildman–Crippen MR) is 24.0 cm³/mol.